The van der Waals surface area contributed by atoms with Gasteiger partial charge in [-0.05, 0) is 37.7 Å². The average Bonchev–Trinajstić information content (AvgIpc) is 2.84. The van der Waals surface area contributed by atoms with E-state index in [1.165, 1.54) is 6.20 Å². The zero-order chi connectivity index (χ0) is 13.9. The molecule has 1 aliphatic rings. The molecule has 5 nitrogen and oxygen atoms in total. The minimum Gasteiger partial charge on any atom is -0.373 e. The van der Waals surface area contributed by atoms with E-state index in [2.05, 4.69) is 21.9 Å². The van der Waals surface area contributed by atoms with Crippen LogP contribution in [0.15, 0.2) is 23.2 Å². The van der Waals surface area contributed by atoms with E-state index in [9.17, 15) is 8.42 Å². The summed E-state index contributed by atoms with van der Waals surface area (Å²) in [7, 11) is -1.72. The van der Waals surface area contributed by atoms with Gasteiger partial charge in [0.15, 0.2) is 0 Å². The Balaban J connectivity index is 2.05. The van der Waals surface area contributed by atoms with E-state index < -0.39 is 10.0 Å². The van der Waals surface area contributed by atoms with Crippen molar-refractivity contribution < 1.29 is 8.42 Å². The van der Waals surface area contributed by atoms with Crippen LogP contribution in [0.25, 0.3) is 0 Å². The van der Waals surface area contributed by atoms with E-state index >= 15 is 0 Å². The van der Waals surface area contributed by atoms with Gasteiger partial charge in [-0.1, -0.05) is 0 Å². The number of thioether (sulfide) groups is 1. The molecule has 0 radical (unpaired) electrons. The highest BCUT2D eigenvalue weighted by Gasteiger charge is 2.31. The largest absolute Gasteiger partial charge is 0.373 e. The molecule has 0 saturated carbocycles. The molecule has 1 aromatic rings. The first-order valence-electron chi connectivity index (χ1n) is 6.23. The van der Waals surface area contributed by atoms with Crippen molar-refractivity contribution in [3.8, 4) is 0 Å². The number of hydrogen-bond acceptors (Lipinski definition) is 5. The monoisotopic (exact) mass is 301 g/mol. The maximum atomic E-state index is 12.1. The van der Waals surface area contributed by atoms with Crippen molar-refractivity contribution in [1.29, 1.82) is 0 Å². The highest BCUT2D eigenvalue weighted by Crippen LogP contribution is 2.37. The standard InChI is InChI=1S/C12H19N3O2S2/c1-12(6-3-7-18-12)9-15-19(16,17)10-4-5-11(13-2)14-8-10/h4-5,8,15H,3,6-7,9H2,1-2H3,(H,13,14). The fraction of sp³-hybridized carbons (Fsp3) is 0.583. The van der Waals surface area contributed by atoms with Crippen molar-refractivity contribution in [2.24, 2.45) is 0 Å². The van der Waals surface area contributed by atoms with Gasteiger partial charge in [-0.3, -0.25) is 0 Å². The summed E-state index contributed by atoms with van der Waals surface area (Å²) in [5.41, 5.74) is 0. The highest BCUT2D eigenvalue weighted by molar-refractivity contribution is 8.01. The van der Waals surface area contributed by atoms with Crippen molar-refractivity contribution in [3.63, 3.8) is 0 Å². The number of nitrogens with zero attached hydrogens (tertiary/aromatic N) is 1. The zero-order valence-electron chi connectivity index (χ0n) is 11.1. The normalized spacial score (nSPS) is 23.5. The van der Waals surface area contributed by atoms with Gasteiger partial charge in [0, 0.05) is 24.5 Å². The van der Waals surface area contributed by atoms with Gasteiger partial charge in [0.25, 0.3) is 0 Å². The van der Waals surface area contributed by atoms with Gasteiger partial charge in [0.2, 0.25) is 10.0 Å². The molecule has 1 atom stereocenters. The smallest absolute Gasteiger partial charge is 0.242 e. The lowest BCUT2D eigenvalue weighted by molar-refractivity contribution is 0.552. The van der Waals surface area contributed by atoms with E-state index in [0.717, 1.165) is 18.6 Å². The molecule has 7 heteroatoms. The first-order valence-corrected chi connectivity index (χ1v) is 8.69. The molecule has 1 unspecified atom stereocenters. The lowest BCUT2D eigenvalue weighted by Crippen LogP contribution is -2.36. The quantitative estimate of drug-likeness (QED) is 0.866. The number of anilines is 1. The first-order chi connectivity index (χ1) is 8.95. The molecule has 0 aliphatic carbocycles. The molecule has 0 aromatic carbocycles. The molecule has 0 amide bonds. The van der Waals surface area contributed by atoms with Crippen LogP contribution in [0.3, 0.4) is 0 Å². The molecule has 2 rings (SSSR count). The minimum absolute atomic E-state index is 0.0193. The van der Waals surface area contributed by atoms with Crippen LogP contribution in [-0.4, -0.2) is 37.5 Å². The molecule has 1 fully saturated rings. The van der Waals surface area contributed by atoms with Crippen LogP contribution in [0, 0.1) is 0 Å². The van der Waals surface area contributed by atoms with Crippen molar-refractivity contribution in [3.05, 3.63) is 18.3 Å². The number of rotatable bonds is 5. The summed E-state index contributed by atoms with van der Waals surface area (Å²) >= 11 is 1.83. The average molecular weight is 301 g/mol. The summed E-state index contributed by atoms with van der Waals surface area (Å²) in [6.07, 6.45) is 3.58. The van der Waals surface area contributed by atoms with Crippen LogP contribution in [0.1, 0.15) is 19.8 Å². The van der Waals surface area contributed by atoms with Gasteiger partial charge in [-0.25, -0.2) is 18.1 Å². The summed E-state index contributed by atoms with van der Waals surface area (Å²) in [6.45, 7) is 2.57. The lowest BCUT2D eigenvalue weighted by Gasteiger charge is -2.22. The predicted molar refractivity (Wildman–Crippen MR) is 79.1 cm³/mol. The third-order valence-electron chi connectivity index (χ3n) is 3.24. The van der Waals surface area contributed by atoms with Crippen LogP contribution in [0.4, 0.5) is 5.82 Å². The van der Waals surface area contributed by atoms with Gasteiger partial charge >= 0.3 is 0 Å². The zero-order valence-corrected chi connectivity index (χ0v) is 12.8. The second-order valence-corrected chi connectivity index (χ2v) is 8.31. The summed E-state index contributed by atoms with van der Waals surface area (Å²) < 4.78 is 27.0. The van der Waals surface area contributed by atoms with Crippen molar-refractivity contribution >= 4 is 27.6 Å². The number of hydrogen-bond donors (Lipinski definition) is 2. The summed E-state index contributed by atoms with van der Waals surface area (Å²) in [4.78, 5) is 4.23. The molecule has 106 valence electrons. The Morgan fingerprint density at radius 3 is 2.79 bits per heavy atom. The molecule has 0 bridgehead atoms. The van der Waals surface area contributed by atoms with Crippen LogP contribution in [-0.2, 0) is 10.0 Å². The SMILES string of the molecule is CNc1ccc(S(=O)(=O)NCC2(C)CCCS2)cn1. The van der Waals surface area contributed by atoms with E-state index in [1.54, 1.807) is 19.2 Å². The van der Waals surface area contributed by atoms with E-state index in [-0.39, 0.29) is 9.64 Å². The minimum atomic E-state index is -3.46. The Morgan fingerprint density at radius 2 is 2.26 bits per heavy atom. The van der Waals surface area contributed by atoms with E-state index in [4.69, 9.17) is 0 Å². The van der Waals surface area contributed by atoms with Crippen molar-refractivity contribution in [1.82, 2.24) is 9.71 Å². The van der Waals surface area contributed by atoms with Crippen molar-refractivity contribution in [2.75, 3.05) is 24.7 Å². The maximum Gasteiger partial charge on any atom is 0.242 e. The summed E-state index contributed by atoms with van der Waals surface area (Å²) in [6, 6.07) is 3.21. The fourth-order valence-electron chi connectivity index (χ4n) is 1.99. The topological polar surface area (TPSA) is 71.1 Å². The molecule has 19 heavy (non-hydrogen) atoms. The Morgan fingerprint density at radius 1 is 1.47 bits per heavy atom. The third-order valence-corrected chi connectivity index (χ3v) is 6.16. The summed E-state index contributed by atoms with van der Waals surface area (Å²) in [5.74, 6) is 1.76. The molecular weight excluding hydrogens is 282 g/mol. The molecule has 1 saturated heterocycles. The van der Waals surface area contributed by atoms with Gasteiger partial charge in [0.1, 0.15) is 10.7 Å². The van der Waals surface area contributed by atoms with E-state index in [0.29, 0.717) is 12.4 Å². The van der Waals surface area contributed by atoms with Gasteiger partial charge in [-0.15, -0.1) is 0 Å². The van der Waals surface area contributed by atoms with Gasteiger partial charge in [0.05, 0.1) is 0 Å². The van der Waals surface area contributed by atoms with Crippen LogP contribution in [0.2, 0.25) is 0 Å². The second kappa shape index (κ2) is 5.68. The Labute approximate surface area is 118 Å². The predicted octanol–water partition coefficient (Wildman–Crippen LogP) is 1.69. The first kappa shape index (κ1) is 14.6. The summed E-state index contributed by atoms with van der Waals surface area (Å²) in [5, 5.41) is 2.86. The van der Waals surface area contributed by atoms with E-state index in [1.807, 2.05) is 11.8 Å². The Bertz CT molecular complexity index is 522. The number of nitrogens with one attached hydrogen (secondary N) is 2. The number of sulfonamides is 1. The number of aromatic nitrogens is 1. The third kappa shape index (κ3) is 3.61. The van der Waals surface area contributed by atoms with Crippen LogP contribution >= 0.6 is 11.8 Å². The van der Waals surface area contributed by atoms with Crippen molar-refractivity contribution in [2.45, 2.75) is 29.4 Å². The molecule has 0 spiro atoms. The molecule has 2 N–H and O–H groups in total. The van der Waals surface area contributed by atoms with Crippen LogP contribution < -0.4 is 10.0 Å². The van der Waals surface area contributed by atoms with Gasteiger partial charge in [-0.2, -0.15) is 11.8 Å². The molecule has 1 aliphatic heterocycles. The second-order valence-electron chi connectivity index (χ2n) is 4.86. The molecular formula is C12H19N3O2S2. The van der Waals surface area contributed by atoms with Crippen LogP contribution in [0.5, 0.6) is 0 Å². The Hall–Kier alpha value is -0.790. The molecule has 1 aromatic heterocycles. The van der Waals surface area contributed by atoms with Gasteiger partial charge < -0.3 is 5.32 Å². The molecule has 2 heterocycles. The highest BCUT2D eigenvalue weighted by atomic mass is 32.2. The Kier molecular flexibility index (Phi) is 4.37. The lowest BCUT2D eigenvalue weighted by atomic mass is 10.1. The fourth-order valence-corrected chi connectivity index (χ4v) is 4.44. The number of pyridine rings is 1. The maximum absolute atomic E-state index is 12.1.